The summed E-state index contributed by atoms with van der Waals surface area (Å²) < 4.78 is 18.8. The van der Waals surface area contributed by atoms with E-state index in [-0.39, 0.29) is 30.8 Å². The van der Waals surface area contributed by atoms with E-state index in [0.29, 0.717) is 18.7 Å². The van der Waals surface area contributed by atoms with Gasteiger partial charge in [0, 0.05) is 13.1 Å². The lowest BCUT2D eigenvalue weighted by atomic mass is 10.1. The molecule has 0 aromatic heterocycles. The van der Waals surface area contributed by atoms with Crippen LogP contribution in [0.25, 0.3) is 0 Å². The summed E-state index contributed by atoms with van der Waals surface area (Å²) >= 11 is 0. The Morgan fingerprint density at radius 3 is 2.38 bits per heavy atom. The van der Waals surface area contributed by atoms with Crippen LogP contribution in [-0.2, 0) is 16.1 Å². The van der Waals surface area contributed by atoms with Gasteiger partial charge in [-0.3, -0.25) is 9.59 Å². The molecule has 2 rings (SSSR count). The lowest BCUT2D eigenvalue weighted by Gasteiger charge is -2.30. The van der Waals surface area contributed by atoms with Crippen LogP contribution in [0.3, 0.4) is 0 Å². The number of unbranched alkanes of at least 4 members (excludes halogenated alkanes) is 1. The highest BCUT2D eigenvalue weighted by molar-refractivity contribution is 5.88. The molecule has 1 N–H and O–H groups in total. The van der Waals surface area contributed by atoms with Gasteiger partial charge in [-0.15, -0.1) is 0 Å². The van der Waals surface area contributed by atoms with Gasteiger partial charge in [-0.2, -0.15) is 0 Å². The van der Waals surface area contributed by atoms with E-state index < -0.39 is 6.04 Å². The second kappa shape index (κ2) is 11.8. The fraction of sp³-hybridized carbons (Fsp3) is 0.391. The van der Waals surface area contributed by atoms with Crippen LogP contribution in [0.5, 0.6) is 5.75 Å². The van der Waals surface area contributed by atoms with Crippen LogP contribution in [0.2, 0.25) is 0 Å². The molecule has 1 atom stereocenters. The predicted octanol–water partition coefficient (Wildman–Crippen LogP) is 3.93. The van der Waals surface area contributed by atoms with E-state index in [4.69, 9.17) is 4.74 Å². The van der Waals surface area contributed by atoms with Crippen LogP contribution < -0.4 is 10.1 Å². The fourth-order valence-corrected chi connectivity index (χ4v) is 2.96. The minimum absolute atomic E-state index is 0.177. The van der Waals surface area contributed by atoms with Crippen LogP contribution in [0.15, 0.2) is 54.6 Å². The highest BCUT2D eigenvalue weighted by Gasteiger charge is 2.28. The molecular weight excluding hydrogens is 371 g/mol. The highest BCUT2D eigenvalue weighted by atomic mass is 19.1. The van der Waals surface area contributed by atoms with Gasteiger partial charge in [0.25, 0.3) is 5.91 Å². The van der Waals surface area contributed by atoms with Crippen molar-refractivity contribution in [3.8, 4) is 5.75 Å². The number of carbonyl (C=O) groups excluding carboxylic acids is 2. The van der Waals surface area contributed by atoms with Crippen molar-refractivity contribution in [1.82, 2.24) is 10.2 Å². The number of amides is 2. The molecule has 0 aliphatic carbocycles. The van der Waals surface area contributed by atoms with E-state index in [2.05, 4.69) is 12.2 Å². The minimum Gasteiger partial charge on any atom is -0.484 e. The number of halogens is 1. The normalized spacial score (nSPS) is 11.6. The van der Waals surface area contributed by atoms with Crippen molar-refractivity contribution in [3.05, 3.63) is 66.0 Å². The maximum atomic E-state index is 13.3. The summed E-state index contributed by atoms with van der Waals surface area (Å²) in [6, 6.07) is 14.4. The van der Waals surface area contributed by atoms with Crippen molar-refractivity contribution in [3.63, 3.8) is 0 Å². The van der Waals surface area contributed by atoms with Gasteiger partial charge in [-0.25, -0.2) is 4.39 Å². The molecule has 0 heterocycles. The molecule has 2 amide bonds. The summed E-state index contributed by atoms with van der Waals surface area (Å²) in [6.45, 7) is 4.52. The average molecular weight is 400 g/mol. The standard InChI is InChI=1S/C23H29FN2O3/c1-3-5-15-25-23(28)21(4-2)26(16-18-11-13-19(24)14-12-18)22(27)17-29-20-9-7-6-8-10-20/h6-14,21H,3-5,15-17H2,1-2H3,(H,25,28)/t21-/m1/s1. The van der Waals surface area contributed by atoms with Crippen LogP contribution >= 0.6 is 0 Å². The number of hydrogen-bond donors (Lipinski definition) is 1. The molecule has 0 fully saturated rings. The Morgan fingerprint density at radius 1 is 1.07 bits per heavy atom. The van der Waals surface area contributed by atoms with Crippen LogP contribution in [0, 0.1) is 5.82 Å². The second-order valence-corrected chi connectivity index (χ2v) is 6.82. The first-order valence-electron chi connectivity index (χ1n) is 10.0. The molecule has 5 nitrogen and oxygen atoms in total. The monoisotopic (exact) mass is 400 g/mol. The molecule has 0 saturated carbocycles. The molecule has 0 saturated heterocycles. The topological polar surface area (TPSA) is 58.6 Å². The molecule has 0 aliphatic rings. The van der Waals surface area contributed by atoms with Gasteiger partial charge in [-0.05, 0) is 42.7 Å². The Bertz CT molecular complexity index is 765. The van der Waals surface area contributed by atoms with Crippen molar-refractivity contribution in [2.45, 2.75) is 45.7 Å². The van der Waals surface area contributed by atoms with Gasteiger partial charge in [0.15, 0.2) is 6.61 Å². The maximum Gasteiger partial charge on any atom is 0.261 e. The number of ether oxygens (including phenoxy) is 1. The molecule has 0 spiro atoms. The van der Waals surface area contributed by atoms with E-state index in [1.165, 1.54) is 17.0 Å². The number of hydrogen-bond acceptors (Lipinski definition) is 3. The van der Waals surface area contributed by atoms with Crippen molar-refractivity contribution >= 4 is 11.8 Å². The molecule has 0 aliphatic heterocycles. The van der Waals surface area contributed by atoms with Gasteiger partial charge < -0.3 is 15.0 Å². The molecule has 156 valence electrons. The Kier molecular flexibility index (Phi) is 9.15. The average Bonchev–Trinajstić information content (AvgIpc) is 2.74. The van der Waals surface area contributed by atoms with Crippen molar-refractivity contribution in [1.29, 1.82) is 0 Å². The highest BCUT2D eigenvalue weighted by Crippen LogP contribution is 2.15. The summed E-state index contributed by atoms with van der Waals surface area (Å²) in [5, 5.41) is 2.90. The van der Waals surface area contributed by atoms with Crippen molar-refractivity contribution in [2.75, 3.05) is 13.2 Å². The number of nitrogens with one attached hydrogen (secondary N) is 1. The summed E-state index contributed by atoms with van der Waals surface area (Å²) in [4.78, 5) is 27.2. The molecule has 6 heteroatoms. The number of carbonyl (C=O) groups is 2. The van der Waals surface area contributed by atoms with E-state index in [1.807, 2.05) is 25.1 Å². The first kappa shape index (κ1) is 22.4. The molecule has 2 aromatic carbocycles. The minimum atomic E-state index is -0.621. The number of para-hydroxylation sites is 1. The smallest absolute Gasteiger partial charge is 0.261 e. The van der Waals surface area contributed by atoms with Gasteiger partial charge in [0.1, 0.15) is 17.6 Å². The third kappa shape index (κ3) is 7.22. The second-order valence-electron chi connectivity index (χ2n) is 6.82. The zero-order valence-corrected chi connectivity index (χ0v) is 17.1. The lowest BCUT2D eigenvalue weighted by molar-refractivity contribution is -0.143. The fourth-order valence-electron chi connectivity index (χ4n) is 2.96. The maximum absolute atomic E-state index is 13.3. The summed E-state index contributed by atoms with van der Waals surface area (Å²) in [5.41, 5.74) is 0.749. The largest absolute Gasteiger partial charge is 0.484 e. The van der Waals surface area contributed by atoms with Crippen LogP contribution in [0.4, 0.5) is 4.39 Å². The summed E-state index contributed by atoms with van der Waals surface area (Å²) in [5.74, 6) is -0.238. The zero-order chi connectivity index (χ0) is 21.1. The zero-order valence-electron chi connectivity index (χ0n) is 17.1. The lowest BCUT2D eigenvalue weighted by Crippen LogP contribution is -2.50. The summed E-state index contributed by atoms with van der Waals surface area (Å²) in [7, 11) is 0. The van der Waals surface area contributed by atoms with Crippen LogP contribution in [0.1, 0.15) is 38.7 Å². The van der Waals surface area contributed by atoms with Crippen molar-refractivity contribution in [2.24, 2.45) is 0 Å². The SMILES string of the molecule is CCCCNC(=O)[C@@H](CC)N(Cc1ccc(F)cc1)C(=O)COc1ccccc1. The molecule has 0 unspecified atom stereocenters. The number of benzene rings is 2. The number of rotatable bonds is 11. The third-order valence-corrected chi connectivity index (χ3v) is 4.59. The van der Waals surface area contributed by atoms with E-state index in [9.17, 15) is 14.0 Å². The Labute approximate surface area is 171 Å². The first-order valence-corrected chi connectivity index (χ1v) is 10.0. The van der Waals surface area contributed by atoms with E-state index in [1.54, 1.807) is 24.3 Å². The van der Waals surface area contributed by atoms with E-state index >= 15 is 0 Å². The first-order chi connectivity index (χ1) is 14.0. The quantitative estimate of drug-likeness (QED) is 0.582. The molecule has 0 bridgehead atoms. The number of nitrogens with zero attached hydrogens (tertiary/aromatic N) is 1. The van der Waals surface area contributed by atoms with Gasteiger partial charge >= 0.3 is 0 Å². The molecule has 2 aromatic rings. The van der Waals surface area contributed by atoms with Crippen molar-refractivity contribution < 1.29 is 18.7 Å². The van der Waals surface area contributed by atoms with Gasteiger partial charge in [0.2, 0.25) is 5.91 Å². The third-order valence-electron chi connectivity index (χ3n) is 4.59. The molecule has 0 radical (unpaired) electrons. The van der Waals surface area contributed by atoms with Crippen LogP contribution in [-0.4, -0.2) is 35.9 Å². The Balaban J connectivity index is 2.14. The van der Waals surface area contributed by atoms with Gasteiger partial charge in [-0.1, -0.05) is 50.6 Å². The predicted molar refractivity (Wildman–Crippen MR) is 111 cm³/mol. The van der Waals surface area contributed by atoms with Gasteiger partial charge in [0.05, 0.1) is 0 Å². The molecular formula is C23H29FN2O3. The Hall–Kier alpha value is -2.89. The molecule has 29 heavy (non-hydrogen) atoms. The summed E-state index contributed by atoms with van der Waals surface area (Å²) in [6.07, 6.45) is 2.32. The van der Waals surface area contributed by atoms with E-state index in [0.717, 1.165) is 18.4 Å². The Morgan fingerprint density at radius 2 is 1.76 bits per heavy atom.